The van der Waals surface area contributed by atoms with Gasteiger partial charge in [0.05, 0.1) is 16.7 Å². The number of para-hydroxylation sites is 2. The van der Waals surface area contributed by atoms with E-state index in [1.165, 1.54) is 63.9 Å². The van der Waals surface area contributed by atoms with Crippen molar-refractivity contribution in [2.24, 2.45) is 9.98 Å². The Morgan fingerprint density at radius 3 is 2.07 bits per heavy atom. The lowest BCUT2D eigenvalue weighted by atomic mass is 9.95. The van der Waals surface area contributed by atoms with Gasteiger partial charge in [0.25, 0.3) is 0 Å². The molecule has 0 radical (unpaired) electrons. The highest BCUT2D eigenvalue weighted by Gasteiger charge is 2.20. The van der Waals surface area contributed by atoms with Gasteiger partial charge in [-0.2, -0.15) is 0 Å². The monoisotopic (exact) mass is 798 g/mol. The van der Waals surface area contributed by atoms with Gasteiger partial charge in [-0.15, -0.1) is 11.3 Å². The number of fused-ring (bicyclic) bond motifs is 11. The lowest BCUT2D eigenvalue weighted by molar-refractivity contribution is 0.669. The van der Waals surface area contributed by atoms with E-state index in [4.69, 9.17) is 19.8 Å². The molecule has 0 amide bonds. The lowest BCUT2D eigenvalue weighted by Crippen LogP contribution is -2.04. The minimum atomic E-state index is 0.111. The lowest BCUT2D eigenvalue weighted by Gasteiger charge is -2.13. The molecule has 0 saturated heterocycles. The first kappa shape index (κ1) is 35.1. The molecule has 12 aromatic rings. The zero-order valence-corrected chi connectivity index (χ0v) is 33.5. The standard InChI is InChI=1S/C55H34N4OS/c56-54(37-27-29-40-39-19-10-12-24-48(39)60-49(40)31-37)58-55(36-16-5-2-6-17-36)57-33-34-26-28-43-51(30-34)61-50-25-13-23-46(53(43)50)59-45-22-11-9-21-42(45)52-41-20-8-7-18-38(41)44(32-47(52)59)35-14-3-1-4-15-35/h1-33,56H/b56-54?,57-33+,58-55-. The Morgan fingerprint density at radius 1 is 0.508 bits per heavy atom. The Balaban J connectivity index is 0.972. The van der Waals surface area contributed by atoms with E-state index < -0.39 is 0 Å². The summed E-state index contributed by atoms with van der Waals surface area (Å²) in [5.41, 5.74) is 9.94. The van der Waals surface area contributed by atoms with Crippen LogP contribution in [0.5, 0.6) is 0 Å². The third kappa shape index (κ3) is 5.80. The van der Waals surface area contributed by atoms with Crippen LogP contribution < -0.4 is 0 Å². The first-order valence-corrected chi connectivity index (χ1v) is 21.1. The van der Waals surface area contributed by atoms with E-state index in [0.717, 1.165) is 38.8 Å². The second-order valence-corrected chi connectivity index (χ2v) is 16.4. The molecular formula is C55H34N4OS. The minimum Gasteiger partial charge on any atom is -0.456 e. The van der Waals surface area contributed by atoms with Crippen LogP contribution in [0.4, 0.5) is 0 Å². The number of thiophene rings is 1. The van der Waals surface area contributed by atoms with E-state index in [1.54, 1.807) is 11.3 Å². The molecule has 0 bridgehead atoms. The number of nitrogens with zero attached hydrogens (tertiary/aromatic N) is 3. The van der Waals surface area contributed by atoms with E-state index in [0.29, 0.717) is 11.4 Å². The topological polar surface area (TPSA) is 66.6 Å². The summed E-state index contributed by atoms with van der Waals surface area (Å²) in [5.74, 6) is 0.572. The van der Waals surface area contributed by atoms with Crippen molar-refractivity contribution in [3.8, 4) is 16.8 Å². The van der Waals surface area contributed by atoms with Crippen molar-refractivity contribution in [2.45, 2.75) is 0 Å². The van der Waals surface area contributed by atoms with Gasteiger partial charge >= 0.3 is 0 Å². The fourth-order valence-electron chi connectivity index (χ4n) is 8.97. The predicted molar refractivity (Wildman–Crippen MR) is 258 cm³/mol. The molecule has 6 heteroatoms. The summed E-state index contributed by atoms with van der Waals surface area (Å²) in [6.07, 6.45) is 1.86. The normalized spacial score (nSPS) is 12.4. The molecule has 286 valence electrons. The number of nitrogens with one attached hydrogen (secondary N) is 1. The molecule has 12 rings (SSSR count). The molecular weight excluding hydrogens is 765 g/mol. The van der Waals surface area contributed by atoms with Gasteiger partial charge in [0.2, 0.25) is 0 Å². The summed E-state index contributed by atoms with van der Waals surface area (Å²) in [7, 11) is 0. The summed E-state index contributed by atoms with van der Waals surface area (Å²) in [6, 6.07) is 67.6. The molecule has 0 aliphatic heterocycles. The first-order valence-electron chi connectivity index (χ1n) is 20.3. The molecule has 0 aliphatic carbocycles. The highest BCUT2D eigenvalue weighted by Crippen LogP contribution is 2.44. The molecule has 0 unspecified atom stereocenters. The zero-order chi connectivity index (χ0) is 40.4. The summed E-state index contributed by atoms with van der Waals surface area (Å²) in [5, 5.41) is 18.5. The van der Waals surface area contributed by atoms with Gasteiger partial charge in [-0.1, -0.05) is 146 Å². The summed E-state index contributed by atoms with van der Waals surface area (Å²) in [4.78, 5) is 9.72. The van der Waals surface area contributed by atoms with Gasteiger partial charge in [-0.05, 0) is 76.0 Å². The van der Waals surface area contributed by atoms with Gasteiger partial charge in [0.15, 0.2) is 11.7 Å². The maximum atomic E-state index is 9.04. The molecule has 3 heterocycles. The number of aliphatic imine (C=N–C) groups is 2. The van der Waals surface area contributed by atoms with Gasteiger partial charge in [0.1, 0.15) is 11.2 Å². The molecule has 0 aliphatic rings. The van der Waals surface area contributed by atoms with Crippen molar-refractivity contribution in [1.29, 1.82) is 5.41 Å². The second kappa shape index (κ2) is 14.1. The van der Waals surface area contributed by atoms with Crippen molar-refractivity contribution in [3.63, 3.8) is 0 Å². The Morgan fingerprint density at radius 2 is 1.21 bits per heavy atom. The molecule has 61 heavy (non-hydrogen) atoms. The van der Waals surface area contributed by atoms with Gasteiger partial charge in [0, 0.05) is 59.1 Å². The molecule has 0 atom stereocenters. The van der Waals surface area contributed by atoms with Crippen LogP contribution in [0.2, 0.25) is 0 Å². The first-order chi connectivity index (χ1) is 30.2. The van der Waals surface area contributed by atoms with E-state index in [2.05, 4.69) is 132 Å². The van der Waals surface area contributed by atoms with Crippen molar-refractivity contribution in [3.05, 3.63) is 211 Å². The zero-order valence-electron chi connectivity index (χ0n) is 32.7. The largest absolute Gasteiger partial charge is 0.456 e. The third-order valence-corrected chi connectivity index (χ3v) is 12.9. The van der Waals surface area contributed by atoms with Crippen LogP contribution >= 0.6 is 11.3 Å². The second-order valence-electron chi connectivity index (χ2n) is 15.3. The number of aromatic nitrogens is 1. The third-order valence-electron chi connectivity index (χ3n) is 11.7. The number of benzene rings is 9. The molecule has 0 saturated carbocycles. The highest BCUT2D eigenvalue weighted by molar-refractivity contribution is 7.26. The van der Waals surface area contributed by atoms with Crippen LogP contribution in [-0.4, -0.2) is 22.5 Å². The molecule has 5 nitrogen and oxygen atoms in total. The van der Waals surface area contributed by atoms with Crippen molar-refractivity contribution >= 4 is 104 Å². The van der Waals surface area contributed by atoms with Crippen LogP contribution in [0, 0.1) is 5.41 Å². The quantitative estimate of drug-likeness (QED) is 0.137. The van der Waals surface area contributed by atoms with Crippen molar-refractivity contribution < 1.29 is 4.42 Å². The van der Waals surface area contributed by atoms with Gasteiger partial charge < -0.3 is 8.98 Å². The van der Waals surface area contributed by atoms with E-state index >= 15 is 0 Å². The summed E-state index contributed by atoms with van der Waals surface area (Å²) in [6.45, 7) is 0. The van der Waals surface area contributed by atoms with E-state index in [9.17, 15) is 0 Å². The molecule has 3 aromatic heterocycles. The van der Waals surface area contributed by atoms with Gasteiger partial charge in [-0.25, -0.2) is 9.98 Å². The van der Waals surface area contributed by atoms with Gasteiger partial charge in [-0.3, -0.25) is 5.41 Å². The number of furan rings is 1. The number of hydrogen-bond donors (Lipinski definition) is 1. The number of hydrogen-bond acceptors (Lipinski definition) is 3. The molecule has 9 aromatic carbocycles. The maximum Gasteiger partial charge on any atom is 0.161 e. The fraction of sp³-hybridized carbons (Fsp3) is 0. The predicted octanol–water partition coefficient (Wildman–Crippen LogP) is 14.8. The minimum absolute atomic E-state index is 0.111. The summed E-state index contributed by atoms with van der Waals surface area (Å²) >= 11 is 1.79. The Bertz CT molecular complexity index is 3780. The van der Waals surface area contributed by atoms with Crippen LogP contribution in [0.3, 0.4) is 0 Å². The molecule has 0 spiro atoms. The Labute approximate surface area is 354 Å². The van der Waals surface area contributed by atoms with Crippen molar-refractivity contribution in [2.75, 3.05) is 0 Å². The average Bonchev–Trinajstić information content (AvgIpc) is 3.99. The van der Waals surface area contributed by atoms with Crippen molar-refractivity contribution in [1.82, 2.24) is 4.57 Å². The van der Waals surface area contributed by atoms with Crippen LogP contribution in [0.1, 0.15) is 16.7 Å². The van der Waals surface area contributed by atoms with Crippen LogP contribution in [0.25, 0.3) is 91.5 Å². The van der Waals surface area contributed by atoms with E-state index in [-0.39, 0.29) is 5.84 Å². The number of rotatable bonds is 5. The highest BCUT2D eigenvalue weighted by atomic mass is 32.1. The SMILES string of the molecule is N=C(/N=C(\N=C\c1ccc2c(c1)sc1cccc(-n3c4ccccc4c4c5ccccc5c(-c5ccccc5)cc43)c12)c1ccccc1)c1ccc2c(c1)oc1ccccc12. The average molecular weight is 799 g/mol. The summed E-state index contributed by atoms with van der Waals surface area (Å²) < 4.78 is 11.0. The maximum absolute atomic E-state index is 9.04. The van der Waals surface area contributed by atoms with Crippen LogP contribution in [-0.2, 0) is 0 Å². The Kier molecular flexibility index (Phi) is 8.11. The fourth-order valence-corrected chi connectivity index (χ4v) is 10.1. The smallest absolute Gasteiger partial charge is 0.161 e. The molecule has 0 fully saturated rings. The number of amidine groups is 2. The Hall–Kier alpha value is -7.93. The van der Waals surface area contributed by atoms with Crippen LogP contribution in [0.15, 0.2) is 209 Å². The van der Waals surface area contributed by atoms with E-state index in [1.807, 2.05) is 72.9 Å². The molecule has 1 N–H and O–H groups in total.